The molecule has 3 heterocycles. The lowest BCUT2D eigenvalue weighted by Crippen LogP contribution is -2.33. The molecule has 0 bridgehead atoms. The summed E-state index contributed by atoms with van der Waals surface area (Å²) < 4.78 is 24.4. The number of benzene rings is 2. The Labute approximate surface area is 226 Å². The number of Topliss-reactive ketones (excluding diaryl/α,β-unsaturated/α-hetero) is 1. The highest BCUT2D eigenvalue weighted by atomic mass is 16.5. The Morgan fingerprint density at radius 2 is 1.77 bits per heavy atom. The van der Waals surface area contributed by atoms with Crippen LogP contribution in [0.25, 0.3) is 5.65 Å². The Balaban J connectivity index is 1.51. The number of aromatic nitrogens is 4. The zero-order chi connectivity index (χ0) is 27.3. The molecule has 2 aromatic heterocycles. The summed E-state index contributed by atoms with van der Waals surface area (Å²) >= 11 is 0. The van der Waals surface area contributed by atoms with E-state index in [1.807, 2.05) is 42.5 Å². The molecule has 0 N–H and O–H groups in total. The summed E-state index contributed by atoms with van der Waals surface area (Å²) in [4.78, 5) is 23.2. The van der Waals surface area contributed by atoms with Gasteiger partial charge >= 0.3 is 0 Å². The number of hydrogen-bond donors (Lipinski definition) is 0. The first-order valence-corrected chi connectivity index (χ1v) is 12.8. The number of ketones is 1. The van der Waals surface area contributed by atoms with Crippen LogP contribution in [0.1, 0.15) is 55.1 Å². The molecule has 1 unspecified atom stereocenters. The van der Waals surface area contributed by atoms with Crippen molar-refractivity contribution in [3.8, 4) is 23.1 Å². The summed E-state index contributed by atoms with van der Waals surface area (Å²) in [5, 5.41) is 4.70. The van der Waals surface area contributed by atoms with E-state index in [4.69, 9.17) is 29.0 Å². The highest BCUT2D eigenvalue weighted by molar-refractivity contribution is 6.00. The quantitative estimate of drug-likeness (QED) is 0.350. The van der Waals surface area contributed by atoms with Gasteiger partial charge in [0, 0.05) is 24.8 Å². The number of methoxy groups -OCH3 is 3. The summed E-state index contributed by atoms with van der Waals surface area (Å²) in [6.07, 6.45) is 3.22. The summed E-state index contributed by atoms with van der Waals surface area (Å²) in [7, 11) is 4.84. The SMILES string of the molecule is COc1ccc(Cc2nc3c4c(ncn3n2)OC2=C(C(=O)CC(C)(C)C2)C4c2ccc(OC)c(OC)c2)cc1. The normalized spacial score (nSPS) is 17.9. The lowest BCUT2D eigenvalue weighted by molar-refractivity contribution is -0.118. The van der Waals surface area contributed by atoms with Crippen molar-refractivity contribution in [1.29, 1.82) is 0 Å². The summed E-state index contributed by atoms with van der Waals surface area (Å²) in [5.74, 6) is 3.34. The maximum absolute atomic E-state index is 13.7. The molecule has 0 amide bonds. The van der Waals surface area contributed by atoms with E-state index < -0.39 is 5.92 Å². The fourth-order valence-electron chi connectivity index (χ4n) is 5.56. The third kappa shape index (κ3) is 4.37. The Kier molecular flexibility index (Phi) is 6.01. The molecule has 1 aliphatic carbocycles. The van der Waals surface area contributed by atoms with Crippen molar-refractivity contribution in [2.75, 3.05) is 21.3 Å². The highest BCUT2D eigenvalue weighted by Gasteiger charge is 2.44. The number of fused-ring (bicyclic) bond motifs is 3. The minimum absolute atomic E-state index is 0.0617. The number of rotatable bonds is 6. The van der Waals surface area contributed by atoms with E-state index in [9.17, 15) is 4.79 Å². The van der Waals surface area contributed by atoms with E-state index in [1.54, 1.807) is 32.2 Å². The van der Waals surface area contributed by atoms with Gasteiger partial charge in [-0.05, 0) is 40.8 Å². The molecule has 0 fully saturated rings. The van der Waals surface area contributed by atoms with Crippen LogP contribution in [0.5, 0.6) is 23.1 Å². The van der Waals surface area contributed by atoms with Crippen LogP contribution in [-0.2, 0) is 11.2 Å². The van der Waals surface area contributed by atoms with E-state index in [-0.39, 0.29) is 11.2 Å². The van der Waals surface area contributed by atoms with Gasteiger partial charge in [0.05, 0.1) is 32.8 Å². The zero-order valence-electron chi connectivity index (χ0n) is 22.6. The minimum Gasteiger partial charge on any atom is -0.497 e. The minimum atomic E-state index is -0.443. The van der Waals surface area contributed by atoms with Crippen LogP contribution in [0, 0.1) is 5.41 Å². The number of hydrogen-bond acceptors (Lipinski definition) is 8. The number of allylic oxidation sites excluding steroid dienone is 2. The third-order valence-electron chi connectivity index (χ3n) is 7.37. The van der Waals surface area contributed by atoms with Crippen molar-refractivity contribution in [2.45, 2.75) is 39.0 Å². The fraction of sp³-hybridized carbons (Fsp3) is 0.333. The van der Waals surface area contributed by atoms with Crippen LogP contribution in [0.4, 0.5) is 0 Å². The van der Waals surface area contributed by atoms with Crippen LogP contribution < -0.4 is 18.9 Å². The van der Waals surface area contributed by atoms with E-state index in [0.717, 1.165) is 16.9 Å². The molecular formula is C30H30N4O5. The number of carbonyl (C=O) groups is 1. The molecular weight excluding hydrogens is 496 g/mol. The largest absolute Gasteiger partial charge is 0.497 e. The molecule has 200 valence electrons. The number of carbonyl (C=O) groups excluding carboxylic acids is 1. The molecule has 4 aromatic rings. The van der Waals surface area contributed by atoms with Crippen LogP contribution in [0.2, 0.25) is 0 Å². The van der Waals surface area contributed by atoms with Gasteiger partial charge in [0.2, 0.25) is 5.88 Å². The summed E-state index contributed by atoms with van der Waals surface area (Å²) in [6.45, 7) is 4.17. The number of ether oxygens (including phenoxy) is 4. The molecule has 2 aromatic carbocycles. The maximum Gasteiger partial charge on any atom is 0.228 e. The maximum atomic E-state index is 13.7. The van der Waals surface area contributed by atoms with Crippen LogP contribution in [-0.4, -0.2) is 46.7 Å². The molecule has 1 aliphatic heterocycles. The van der Waals surface area contributed by atoms with E-state index in [1.165, 1.54) is 0 Å². The second kappa shape index (κ2) is 9.41. The van der Waals surface area contributed by atoms with Gasteiger partial charge in [-0.1, -0.05) is 32.0 Å². The first-order chi connectivity index (χ1) is 18.8. The lowest BCUT2D eigenvalue weighted by Gasteiger charge is -2.37. The van der Waals surface area contributed by atoms with Crippen molar-refractivity contribution in [2.24, 2.45) is 5.41 Å². The van der Waals surface area contributed by atoms with Gasteiger partial charge in [0.15, 0.2) is 28.8 Å². The topological polar surface area (TPSA) is 97.1 Å². The Morgan fingerprint density at radius 3 is 2.49 bits per heavy atom. The van der Waals surface area contributed by atoms with Crippen molar-refractivity contribution in [3.05, 3.63) is 82.6 Å². The average molecular weight is 527 g/mol. The van der Waals surface area contributed by atoms with Crippen molar-refractivity contribution in [1.82, 2.24) is 19.6 Å². The molecule has 2 aliphatic rings. The third-order valence-corrected chi connectivity index (χ3v) is 7.37. The molecule has 9 heteroatoms. The predicted molar refractivity (Wildman–Crippen MR) is 144 cm³/mol. The second-order valence-corrected chi connectivity index (χ2v) is 10.7. The molecule has 0 saturated carbocycles. The zero-order valence-corrected chi connectivity index (χ0v) is 22.6. The van der Waals surface area contributed by atoms with Crippen LogP contribution in [0.15, 0.2) is 60.1 Å². The Bertz CT molecular complexity index is 1620. The van der Waals surface area contributed by atoms with Gasteiger partial charge in [-0.25, -0.2) is 14.5 Å². The number of nitrogens with zero attached hydrogens (tertiary/aromatic N) is 4. The van der Waals surface area contributed by atoms with E-state index >= 15 is 0 Å². The Morgan fingerprint density at radius 1 is 1.00 bits per heavy atom. The monoisotopic (exact) mass is 526 g/mol. The predicted octanol–water partition coefficient (Wildman–Crippen LogP) is 4.91. The van der Waals surface area contributed by atoms with Gasteiger partial charge in [-0.3, -0.25) is 4.79 Å². The first kappa shape index (κ1) is 24.9. The highest BCUT2D eigenvalue weighted by Crippen LogP contribution is 2.51. The van der Waals surface area contributed by atoms with E-state index in [2.05, 4.69) is 18.8 Å². The van der Waals surface area contributed by atoms with Gasteiger partial charge in [0.25, 0.3) is 0 Å². The molecule has 0 spiro atoms. The van der Waals surface area contributed by atoms with Gasteiger partial charge in [-0.15, -0.1) is 5.10 Å². The fourth-order valence-corrected chi connectivity index (χ4v) is 5.56. The van der Waals surface area contributed by atoms with Crippen LogP contribution >= 0.6 is 0 Å². The molecule has 0 radical (unpaired) electrons. The van der Waals surface area contributed by atoms with Gasteiger partial charge < -0.3 is 18.9 Å². The van der Waals surface area contributed by atoms with Crippen molar-refractivity contribution < 1.29 is 23.7 Å². The molecule has 39 heavy (non-hydrogen) atoms. The molecule has 1 atom stereocenters. The van der Waals surface area contributed by atoms with E-state index in [0.29, 0.717) is 65.0 Å². The second-order valence-electron chi connectivity index (χ2n) is 10.7. The van der Waals surface area contributed by atoms with Crippen molar-refractivity contribution >= 4 is 11.4 Å². The lowest BCUT2D eigenvalue weighted by atomic mass is 9.70. The van der Waals surface area contributed by atoms with Gasteiger partial charge in [-0.2, -0.15) is 0 Å². The first-order valence-electron chi connectivity index (χ1n) is 12.8. The molecule has 6 rings (SSSR count). The summed E-state index contributed by atoms with van der Waals surface area (Å²) in [6, 6.07) is 13.5. The molecule has 9 nitrogen and oxygen atoms in total. The van der Waals surface area contributed by atoms with Crippen LogP contribution in [0.3, 0.4) is 0 Å². The molecule has 0 saturated heterocycles. The standard InChI is InChI=1S/C30H30N4O5/c1-30(2)14-20(35)26-23(15-30)39-29-27(25(26)18-8-11-21(37-4)22(13-18)38-5)28-32-24(33-34(28)16-31-29)12-17-6-9-19(36-3)10-7-17/h6-11,13,16,25H,12,14-15H2,1-5H3. The van der Waals surface area contributed by atoms with Gasteiger partial charge in [0.1, 0.15) is 17.8 Å². The Hall–Kier alpha value is -4.40. The summed E-state index contributed by atoms with van der Waals surface area (Å²) in [5.41, 5.74) is 3.67. The van der Waals surface area contributed by atoms with Crippen molar-refractivity contribution in [3.63, 3.8) is 0 Å². The smallest absolute Gasteiger partial charge is 0.228 e. The average Bonchev–Trinajstić information content (AvgIpc) is 3.34.